The monoisotopic (exact) mass is 154 g/mol. The highest BCUT2D eigenvalue weighted by atomic mass is 16.5. The van der Waals surface area contributed by atoms with Gasteiger partial charge in [-0.05, 0) is 0 Å². The third kappa shape index (κ3) is 0.868. The van der Waals surface area contributed by atoms with Crippen molar-refractivity contribution in [1.29, 1.82) is 0 Å². The Kier molecular flexibility index (Phi) is 1.44. The van der Waals surface area contributed by atoms with E-state index in [-0.39, 0.29) is 5.41 Å². The molecule has 0 spiro atoms. The number of rotatable bonds is 2. The fraction of sp³-hybridized carbons (Fsp3) is 0.571. The van der Waals surface area contributed by atoms with Crippen molar-refractivity contribution in [2.45, 2.75) is 5.41 Å². The fourth-order valence-corrected chi connectivity index (χ4v) is 1.19. The molecule has 0 amide bonds. The van der Waals surface area contributed by atoms with Crippen LogP contribution in [0.15, 0.2) is 17.1 Å². The second-order valence-corrected chi connectivity index (χ2v) is 2.85. The number of hydrogen-bond donors (Lipinski definition) is 1. The van der Waals surface area contributed by atoms with E-state index in [1.54, 1.807) is 6.26 Å². The van der Waals surface area contributed by atoms with Crippen molar-refractivity contribution in [3.05, 3.63) is 18.4 Å². The van der Waals surface area contributed by atoms with Gasteiger partial charge in [-0.2, -0.15) is 0 Å². The lowest BCUT2D eigenvalue weighted by Crippen LogP contribution is -2.52. The highest BCUT2D eigenvalue weighted by Gasteiger charge is 2.41. The molecule has 1 saturated heterocycles. The number of nitrogens with two attached hydrogens (primary N) is 1. The van der Waals surface area contributed by atoms with Gasteiger partial charge in [0.25, 0.3) is 0 Å². The molecule has 1 fully saturated rings. The molecule has 4 heteroatoms. The van der Waals surface area contributed by atoms with Gasteiger partial charge in [0.1, 0.15) is 6.26 Å². The molecular formula is C7H10N2O2. The third-order valence-electron chi connectivity index (χ3n) is 2.12. The van der Waals surface area contributed by atoms with Crippen LogP contribution >= 0.6 is 0 Å². The summed E-state index contributed by atoms with van der Waals surface area (Å²) >= 11 is 0. The number of ether oxygens (including phenoxy) is 1. The third-order valence-corrected chi connectivity index (χ3v) is 2.12. The normalized spacial score (nSPS) is 21.2. The molecule has 0 saturated carbocycles. The van der Waals surface area contributed by atoms with Crippen LogP contribution in [0, 0.1) is 0 Å². The number of aromatic nitrogens is 1. The maximum atomic E-state index is 5.60. The van der Waals surface area contributed by atoms with Gasteiger partial charge in [0, 0.05) is 6.54 Å². The molecule has 0 bridgehead atoms. The van der Waals surface area contributed by atoms with Gasteiger partial charge in [-0.15, -0.1) is 0 Å². The molecule has 1 aromatic heterocycles. The van der Waals surface area contributed by atoms with Crippen LogP contribution in [0.3, 0.4) is 0 Å². The van der Waals surface area contributed by atoms with E-state index in [1.165, 1.54) is 6.39 Å². The second kappa shape index (κ2) is 2.32. The van der Waals surface area contributed by atoms with Crippen molar-refractivity contribution < 1.29 is 9.15 Å². The van der Waals surface area contributed by atoms with Crippen LogP contribution in [-0.2, 0) is 10.2 Å². The number of nitrogens with zero attached hydrogens (tertiary/aromatic N) is 1. The van der Waals surface area contributed by atoms with E-state index in [0.717, 1.165) is 5.69 Å². The zero-order chi connectivity index (χ0) is 7.73. The van der Waals surface area contributed by atoms with Gasteiger partial charge in [0.15, 0.2) is 6.39 Å². The van der Waals surface area contributed by atoms with Crippen molar-refractivity contribution in [2.75, 3.05) is 19.8 Å². The first-order chi connectivity index (χ1) is 5.37. The highest BCUT2D eigenvalue weighted by molar-refractivity contribution is 5.16. The van der Waals surface area contributed by atoms with Crippen LogP contribution in [-0.4, -0.2) is 24.7 Å². The first-order valence-corrected chi connectivity index (χ1v) is 3.54. The van der Waals surface area contributed by atoms with Gasteiger partial charge >= 0.3 is 0 Å². The summed E-state index contributed by atoms with van der Waals surface area (Å²) in [6, 6.07) is 0. The van der Waals surface area contributed by atoms with E-state index >= 15 is 0 Å². The van der Waals surface area contributed by atoms with Gasteiger partial charge in [-0.1, -0.05) is 0 Å². The van der Waals surface area contributed by atoms with Gasteiger partial charge in [-0.25, -0.2) is 4.98 Å². The SMILES string of the molecule is NCC1(c2cocn2)COC1. The number of oxazole rings is 1. The van der Waals surface area contributed by atoms with Crippen LogP contribution in [0.2, 0.25) is 0 Å². The molecule has 60 valence electrons. The molecule has 11 heavy (non-hydrogen) atoms. The largest absolute Gasteiger partial charge is 0.451 e. The minimum atomic E-state index is -0.0625. The number of hydrogen-bond acceptors (Lipinski definition) is 4. The van der Waals surface area contributed by atoms with Crippen LogP contribution in [0.5, 0.6) is 0 Å². The van der Waals surface area contributed by atoms with Crippen LogP contribution in [0.25, 0.3) is 0 Å². The van der Waals surface area contributed by atoms with E-state index in [1.807, 2.05) is 0 Å². The minimum Gasteiger partial charge on any atom is -0.451 e. The van der Waals surface area contributed by atoms with E-state index in [2.05, 4.69) is 4.98 Å². The summed E-state index contributed by atoms with van der Waals surface area (Å²) < 4.78 is 9.97. The average molecular weight is 154 g/mol. The van der Waals surface area contributed by atoms with Gasteiger partial charge in [0.05, 0.1) is 24.3 Å². The summed E-state index contributed by atoms with van der Waals surface area (Å²) in [5.41, 5.74) is 6.44. The van der Waals surface area contributed by atoms with Crippen molar-refractivity contribution in [3.8, 4) is 0 Å². The quantitative estimate of drug-likeness (QED) is 0.646. The molecule has 1 aliphatic heterocycles. The molecule has 0 atom stereocenters. The first kappa shape index (κ1) is 6.82. The molecule has 0 radical (unpaired) electrons. The van der Waals surface area contributed by atoms with Crippen molar-refractivity contribution in [2.24, 2.45) is 5.73 Å². The standard InChI is InChI=1S/C7H10N2O2/c8-2-7(3-11-4-7)6-1-10-5-9-6/h1,5H,2-4,8H2. The lowest BCUT2D eigenvalue weighted by Gasteiger charge is -2.38. The minimum absolute atomic E-state index is 0.0625. The average Bonchev–Trinajstić information content (AvgIpc) is 2.39. The topological polar surface area (TPSA) is 61.3 Å². The Balaban J connectivity index is 2.25. The van der Waals surface area contributed by atoms with Gasteiger partial charge in [0.2, 0.25) is 0 Å². The second-order valence-electron chi connectivity index (χ2n) is 2.85. The van der Waals surface area contributed by atoms with Crippen molar-refractivity contribution in [3.63, 3.8) is 0 Å². The smallest absolute Gasteiger partial charge is 0.180 e. The summed E-state index contributed by atoms with van der Waals surface area (Å²) in [5, 5.41) is 0. The van der Waals surface area contributed by atoms with Crippen LogP contribution in [0.1, 0.15) is 5.69 Å². The molecule has 2 heterocycles. The molecule has 0 aliphatic carbocycles. The predicted molar refractivity (Wildman–Crippen MR) is 38.1 cm³/mol. The van der Waals surface area contributed by atoms with Gasteiger partial charge in [-0.3, -0.25) is 0 Å². The van der Waals surface area contributed by atoms with Crippen molar-refractivity contribution in [1.82, 2.24) is 4.98 Å². The summed E-state index contributed by atoms with van der Waals surface area (Å²) in [6.45, 7) is 1.89. The molecule has 4 nitrogen and oxygen atoms in total. The van der Waals surface area contributed by atoms with E-state index in [0.29, 0.717) is 19.8 Å². The maximum absolute atomic E-state index is 5.60. The zero-order valence-electron chi connectivity index (χ0n) is 6.12. The Morgan fingerprint density at radius 3 is 2.82 bits per heavy atom. The summed E-state index contributed by atoms with van der Waals surface area (Å²) in [7, 11) is 0. The van der Waals surface area contributed by atoms with Gasteiger partial charge < -0.3 is 14.9 Å². The summed E-state index contributed by atoms with van der Waals surface area (Å²) in [5.74, 6) is 0. The molecule has 0 unspecified atom stereocenters. The Labute approximate surface area is 64.4 Å². The highest BCUT2D eigenvalue weighted by Crippen LogP contribution is 2.29. The predicted octanol–water partition coefficient (Wildman–Crippen LogP) is -0.0987. The summed E-state index contributed by atoms with van der Waals surface area (Å²) in [6.07, 6.45) is 3.06. The van der Waals surface area contributed by atoms with E-state index in [9.17, 15) is 0 Å². The molecule has 0 aromatic carbocycles. The van der Waals surface area contributed by atoms with Crippen molar-refractivity contribution >= 4 is 0 Å². The fourth-order valence-electron chi connectivity index (χ4n) is 1.19. The van der Waals surface area contributed by atoms with E-state index < -0.39 is 0 Å². The Hall–Kier alpha value is -0.870. The molecule has 1 aromatic rings. The molecule has 2 N–H and O–H groups in total. The first-order valence-electron chi connectivity index (χ1n) is 3.54. The van der Waals surface area contributed by atoms with Crippen LogP contribution < -0.4 is 5.73 Å². The molecule has 2 rings (SSSR count). The van der Waals surface area contributed by atoms with Crippen LogP contribution in [0.4, 0.5) is 0 Å². The lowest BCUT2D eigenvalue weighted by molar-refractivity contribution is -0.0571. The Bertz CT molecular complexity index is 223. The molecule has 1 aliphatic rings. The Morgan fingerprint density at radius 2 is 2.45 bits per heavy atom. The maximum Gasteiger partial charge on any atom is 0.180 e. The van der Waals surface area contributed by atoms with E-state index in [4.69, 9.17) is 14.9 Å². The zero-order valence-corrected chi connectivity index (χ0v) is 6.12. The Morgan fingerprint density at radius 1 is 1.64 bits per heavy atom. The summed E-state index contributed by atoms with van der Waals surface area (Å²) in [4.78, 5) is 4.05. The molecular weight excluding hydrogens is 144 g/mol. The lowest BCUT2D eigenvalue weighted by atomic mass is 9.83.